The molecule has 3 aliphatic heterocycles. The summed E-state index contributed by atoms with van der Waals surface area (Å²) in [5.41, 5.74) is 1.25. The van der Waals surface area contributed by atoms with Crippen LogP contribution in [-0.4, -0.2) is 68.7 Å². The van der Waals surface area contributed by atoms with Gasteiger partial charge < -0.3 is 15.0 Å². The maximum atomic E-state index is 14.1. The maximum absolute atomic E-state index is 14.1. The number of nitrogens with zero attached hydrogens (tertiary/aromatic N) is 2. The van der Waals surface area contributed by atoms with E-state index in [0.717, 1.165) is 13.1 Å². The third-order valence-corrected chi connectivity index (χ3v) is 6.79. The third-order valence-electron chi connectivity index (χ3n) is 4.82. The van der Waals surface area contributed by atoms with E-state index in [0.29, 0.717) is 33.0 Å². The molecule has 0 aromatic carbocycles. The number of rotatable bonds is 3. The van der Waals surface area contributed by atoms with Crippen LogP contribution in [-0.2, 0) is 11.2 Å². The lowest BCUT2D eigenvalue weighted by Gasteiger charge is -2.41. The van der Waals surface area contributed by atoms with E-state index in [1.165, 1.54) is 11.3 Å². The number of amides is 1. The summed E-state index contributed by atoms with van der Waals surface area (Å²) in [6, 6.07) is -0.171. The number of halogens is 3. The predicted molar refractivity (Wildman–Crippen MR) is 91.4 cm³/mol. The molecule has 5 nitrogen and oxygen atoms in total. The highest BCUT2D eigenvalue weighted by molar-refractivity contribution is 9.11. The quantitative estimate of drug-likeness (QED) is 0.809. The smallest absolute Gasteiger partial charge is 0.269 e. The van der Waals surface area contributed by atoms with E-state index in [2.05, 4.69) is 26.1 Å². The minimum absolute atomic E-state index is 0.163. The summed E-state index contributed by atoms with van der Waals surface area (Å²) in [5.74, 6) is -2.94. The van der Waals surface area contributed by atoms with Crippen molar-refractivity contribution in [2.75, 3.05) is 44.7 Å². The highest BCUT2D eigenvalue weighted by Gasteiger charge is 2.45. The fourth-order valence-electron chi connectivity index (χ4n) is 3.70. The molecule has 132 valence electrons. The van der Waals surface area contributed by atoms with E-state index in [-0.39, 0.29) is 31.0 Å². The Hall–Kier alpha value is -0.770. The van der Waals surface area contributed by atoms with Gasteiger partial charge in [0.15, 0.2) is 0 Å². The van der Waals surface area contributed by atoms with Crippen LogP contribution in [0.15, 0.2) is 3.79 Å². The van der Waals surface area contributed by atoms with Crippen molar-refractivity contribution in [3.8, 4) is 0 Å². The molecule has 0 spiro atoms. The summed E-state index contributed by atoms with van der Waals surface area (Å²) in [6.45, 7) is 2.36. The summed E-state index contributed by atoms with van der Waals surface area (Å²) in [4.78, 5) is 17.0. The molecule has 0 aliphatic carbocycles. The van der Waals surface area contributed by atoms with Crippen molar-refractivity contribution in [3.63, 3.8) is 0 Å². The lowest BCUT2D eigenvalue weighted by molar-refractivity contribution is -0.0326. The number of ether oxygens (including phenoxy) is 1. The number of hydrogen-bond acceptors (Lipinski definition) is 5. The number of thiophene rings is 1. The molecular formula is C15H18BrF2N3O2S. The van der Waals surface area contributed by atoms with Crippen molar-refractivity contribution < 1.29 is 18.3 Å². The molecule has 1 N–H and O–H groups in total. The fraction of sp³-hybridized carbons (Fsp3) is 0.667. The first-order valence-electron chi connectivity index (χ1n) is 7.86. The fourth-order valence-corrected chi connectivity index (χ4v) is 5.48. The molecule has 1 amide bonds. The number of nitrogens with one attached hydrogen (secondary N) is 1. The SMILES string of the molecule is COC1CN(C[C@H]2CN3CC(F)(F)Cc4c(Br)sc(c43)C(=O)N2)C1. The largest absolute Gasteiger partial charge is 0.379 e. The van der Waals surface area contributed by atoms with E-state index in [1.54, 1.807) is 12.0 Å². The van der Waals surface area contributed by atoms with Gasteiger partial charge in [-0.3, -0.25) is 9.69 Å². The zero-order valence-electron chi connectivity index (χ0n) is 13.2. The van der Waals surface area contributed by atoms with Gasteiger partial charge in [-0.2, -0.15) is 0 Å². The van der Waals surface area contributed by atoms with E-state index in [4.69, 9.17) is 4.74 Å². The molecule has 0 bridgehead atoms. The Morgan fingerprint density at radius 1 is 1.42 bits per heavy atom. The van der Waals surface area contributed by atoms with E-state index in [1.807, 2.05) is 0 Å². The van der Waals surface area contributed by atoms with Gasteiger partial charge in [0.25, 0.3) is 11.8 Å². The first-order valence-corrected chi connectivity index (χ1v) is 9.47. The second-order valence-electron chi connectivity index (χ2n) is 6.69. The molecule has 0 unspecified atom stereocenters. The Balaban J connectivity index is 1.57. The maximum Gasteiger partial charge on any atom is 0.269 e. The molecule has 4 rings (SSSR count). The van der Waals surface area contributed by atoms with Crippen molar-refractivity contribution >= 4 is 38.9 Å². The molecule has 9 heteroatoms. The van der Waals surface area contributed by atoms with Crippen LogP contribution in [0, 0.1) is 0 Å². The molecule has 1 aromatic heterocycles. The van der Waals surface area contributed by atoms with E-state index < -0.39 is 5.92 Å². The minimum atomic E-state index is -2.77. The molecule has 1 fully saturated rings. The summed E-state index contributed by atoms with van der Waals surface area (Å²) in [5, 5.41) is 3.01. The molecule has 1 saturated heterocycles. The molecule has 24 heavy (non-hydrogen) atoms. The summed E-state index contributed by atoms with van der Waals surface area (Å²) in [7, 11) is 1.68. The van der Waals surface area contributed by atoms with Gasteiger partial charge >= 0.3 is 0 Å². The first kappa shape index (κ1) is 16.7. The monoisotopic (exact) mass is 421 g/mol. The van der Waals surface area contributed by atoms with Crippen LogP contribution in [0.3, 0.4) is 0 Å². The van der Waals surface area contributed by atoms with Gasteiger partial charge in [0.1, 0.15) is 4.88 Å². The summed E-state index contributed by atoms with van der Waals surface area (Å²) < 4.78 is 34.2. The normalized spacial score (nSPS) is 26.6. The van der Waals surface area contributed by atoms with Crippen LogP contribution in [0.1, 0.15) is 15.2 Å². The highest BCUT2D eigenvalue weighted by Crippen LogP contribution is 2.46. The molecule has 1 atom stereocenters. The van der Waals surface area contributed by atoms with Crippen LogP contribution in [0.2, 0.25) is 0 Å². The molecule has 4 heterocycles. The van der Waals surface area contributed by atoms with Gasteiger partial charge in [-0.25, -0.2) is 8.78 Å². The van der Waals surface area contributed by atoms with Gasteiger partial charge in [0, 0.05) is 45.3 Å². The second kappa shape index (κ2) is 5.89. The Labute approximate surface area is 151 Å². The van der Waals surface area contributed by atoms with Crippen LogP contribution < -0.4 is 10.2 Å². The number of hydrogen-bond donors (Lipinski definition) is 1. The van der Waals surface area contributed by atoms with E-state index >= 15 is 0 Å². The molecule has 0 radical (unpaired) electrons. The average molecular weight is 422 g/mol. The molecule has 3 aliphatic rings. The molecule has 0 saturated carbocycles. The minimum Gasteiger partial charge on any atom is -0.379 e. The van der Waals surface area contributed by atoms with Crippen molar-refractivity contribution in [3.05, 3.63) is 14.2 Å². The van der Waals surface area contributed by atoms with E-state index in [9.17, 15) is 13.6 Å². The lowest BCUT2D eigenvalue weighted by Crippen LogP contribution is -2.58. The topological polar surface area (TPSA) is 44.8 Å². The van der Waals surface area contributed by atoms with Gasteiger partial charge in [0.2, 0.25) is 0 Å². The van der Waals surface area contributed by atoms with Gasteiger partial charge in [-0.05, 0) is 15.9 Å². The van der Waals surface area contributed by atoms with Crippen molar-refractivity contribution in [1.82, 2.24) is 10.2 Å². The van der Waals surface area contributed by atoms with Gasteiger partial charge in [0.05, 0.1) is 28.2 Å². The van der Waals surface area contributed by atoms with Crippen molar-refractivity contribution in [2.45, 2.75) is 24.5 Å². The first-order chi connectivity index (χ1) is 11.4. The number of carbonyl (C=O) groups excluding carboxylic acids is 1. The molecular weight excluding hydrogens is 404 g/mol. The van der Waals surface area contributed by atoms with Crippen LogP contribution in [0.25, 0.3) is 0 Å². The number of anilines is 1. The summed E-state index contributed by atoms with van der Waals surface area (Å²) in [6.07, 6.45) is -0.0786. The Kier molecular flexibility index (Phi) is 4.10. The van der Waals surface area contributed by atoms with Crippen LogP contribution in [0.4, 0.5) is 14.5 Å². The molecule has 1 aromatic rings. The number of methoxy groups -OCH3 is 1. The Bertz CT molecular complexity index is 678. The number of carbonyl (C=O) groups is 1. The standard InChI is InChI=1S/C15H18BrF2N3O2S/c1-23-9-5-20(6-9)3-8-4-21-7-15(17,18)2-10-11(21)12(14(22)19-8)24-13(10)16/h8-9H,2-7H2,1H3,(H,19,22)/t8-/m0/s1. The van der Waals surface area contributed by atoms with Crippen molar-refractivity contribution in [2.24, 2.45) is 0 Å². The average Bonchev–Trinajstić information content (AvgIpc) is 2.71. The van der Waals surface area contributed by atoms with Crippen LogP contribution >= 0.6 is 27.3 Å². The third kappa shape index (κ3) is 2.85. The van der Waals surface area contributed by atoms with Crippen molar-refractivity contribution in [1.29, 1.82) is 0 Å². The van der Waals surface area contributed by atoms with Gasteiger partial charge in [-0.15, -0.1) is 11.3 Å². The lowest BCUT2D eigenvalue weighted by atomic mass is 10.0. The predicted octanol–water partition coefficient (Wildman–Crippen LogP) is 1.95. The summed E-state index contributed by atoms with van der Waals surface area (Å²) >= 11 is 4.60. The Morgan fingerprint density at radius 2 is 2.17 bits per heavy atom. The highest BCUT2D eigenvalue weighted by atomic mass is 79.9. The second-order valence-corrected chi connectivity index (χ2v) is 9.03. The number of alkyl halides is 2. The van der Waals surface area contributed by atoms with Crippen LogP contribution in [0.5, 0.6) is 0 Å². The Morgan fingerprint density at radius 3 is 2.88 bits per heavy atom. The number of likely N-dealkylation sites (tertiary alicyclic amines) is 1. The van der Waals surface area contributed by atoms with Gasteiger partial charge in [-0.1, -0.05) is 0 Å². The zero-order chi connectivity index (χ0) is 17.1. The zero-order valence-corrected chi connectivity index (χ0v) is 15.6.